The van der Waals surface area contributed by atoms with Gasteiger partial charge in [-0.05, 0) is 31.2 Å². The summed E-state index contributed by atoms with van der Waals surface area (Å²) in [6.07, 6.45) is 0.975. The van der Waals surface area contributed by atoms with Crippen molar-refractivity contribution in [2.75, 3.05) is 34.0 Å². The SMILES string of the molecule is COc1cccc(OC)c1-n1c(CS(=O)(=O)[C@@H](C)[C@H](C)c2ccc(Cl)cn2)nnc1[C@H]1COCCO1. The Morgan fingerprint density at radius 3 is 2.42 bits per heavy atom. The van der Waals surface area contributed by atoms with Crippen molar-refractivity contribution in [1.29, 1.82) is 0 Å². The zero-order valence-corrected chi connectivity index (χ0v) is 22.1. The number of sulfone groups is 1. The molecular formula is C24H29ClN4O6S. The Labute approximate surface area is 215 Å². The van der Waals surface area contributed by atoms with Crippen molar-refractivity contribution in [3.63, 3.8) is 0 Å². The fourth-order valence-corrected chi connectivity index (χ4v) is 5.77. The third-order valence-corrected chi connectivity index (χ3v) is 8.73. The van der Waals surface area contributed by atoms with Gasteiger partial charge in [-0.25, -0.2) is 8.42 Å². The molecule has 1 fully saturated rings. The van der Waals surface area contributed by atoms with E-state index in [0.29, 0.717) is 46.9 Å². The lowest BCUT2D eigenvalue weighted by molar-refractivity contribution is -0.0942. The van der Waals surface area contributed by atoms with Gasteiger partial charge in [-0.15, -0.1) is 10.2 Å². The van der Waals surface area contributed by atoms with E-state index in [1.54, 1.807) is 41.8 Å². The normalized spacial score (nSPS) is 18.0. The largest absolute Gasteiger partial charge is 0.494 e. The van der Waals surface area contributed by atoms with Gasteiger partial charge in [0.2, 0.25) is 0 Å². The summed E-state index contributed by atoms with van der Waals surface area (Å²) in [6, 6.07) is 8.73. The summed E-state index contributed by atoms with van der Waals surface area (Å²) in [6.45, 7) is 4.61. The molecule has 4 rings (SSSR count). The highest BCUT2D eigenvalue weighted by molar-refractivity contribution is 7.91. The molecule has 12 heteroatoms. The van der Waals surface area contributed by atoms with Gasteiger partial charge in [0.25, 0.3) is 0 Å². The molecule has 0 unspecified atom stereocenters. The highest BCUT2D eigenvalue weighted by Crippen LogP contribution is 2.37. The monoisotopic (exact) mass is 536 g/mol. The van der Waals surface area contributed by atoms with E-state index in [-0.39, 0.29) is 24.1 Å². The molecule has 2 aromatic heterocycles. The number of hydrogen-bond donors (Lipinski definition) is 0. The number of nitrogens with zero attached hydrogens (tertiary/aromatic N) is 4. The number of halogens is 1. The lowest BCUT2D eigenvalue weighted by Gasteiger charge is -2.25. The van der Waals surface area contributed by atoms with E-state index in [2.05, 4.69) is 15.2 Å². The van der Waals surface area contributed by atoms with Gasteiger partial charge in [0.1, 0.15) is 29.0 Å². The predicted molar refractivity (Wildman–Crippen MR) is 134 cm³/mol. The smallest absolute Gasteiger partial charge is 0.169 e. The van der Waals surface area contributed by atoms with Crippen LogP contribution in [0.3, 0.4) is 0 Å². The first-order valence-electron chi connectivity index (χ1n) is 11.4. The molecule has 3 heterocycles. The van der Waals surface area contributed by atoms with E-state index in [1.807, 2.05) is 6.92 Å². The first-order chi connectivity index (χ1) is 17.3. The molecule has 0 saturated carbocycles. The third-order valence-electron chi connectivity index (χ3n) is 6.30. The Morgan fingerprint density at radius 1 is 1.11 bits per heavy atom. The summed E-state index contributed by atoms with van der Waals surface area (Å²) in [4.78, 5) is 4.30. The zero-order valence-electron chi connectivity index (χ0n) is 20.5. The van der Waals surface area contributed by atoms with Crippen LogP contribution < -0.4 is 9.47 Å². The van der Waals surface area contributed by atoms with Gasteiger partial charge in [0.05, 0.1) is 44.3 Å². The van der Waals surface area contributed by atoms with Gasteiger partial charge >= 0.3 is 0 Å². The number of hydrogen-bond acceptors (Lipinski definition) is 9. The van der Waals surface area contributed by atoms with Crippen molar-refractivity contribution in [1.82, 2.24) is 19.7 Å². The highest BCUT2D eigenvalue weighted by atomic mass is 35.5. The molecule has 1 aromatic carbocycles. The molecule has 0 radical (unpaired) electrons. The van der Waals surface area contributed by atoms with Crippen LogP contribution in [0.1, 0.15) is 43.2 Å². The Balaban J connectivity index is 1.77. The molecule has 0 bridgehead atoms. The maximum absolute atomic E-state index is 13.6. The molecule has 0 N–H and O–H groups in total. The maximum atomic E-state index is 13.6. The summed E-state index contributed by atoms with van der Waals surface area (Å²) in [7, 11) is -0.649. The highest BCUT2D eigenvalue weighted by Gasteiger charge is 2.34. The Kier molecular flexibility index (Phi) is 8.13. The van der Waals surface area contributed by atoms with Crippen molar-refractivity contribution in [2.24, 2.45) is 0 Å². The van der Waals surface area contributed by atoms with E-state index in [0.717, 1.165) is 0 Å². The Bertz CT molecular complexity index is 1270. The third kappa shape index (κ3) is 5.34. The van der Waals surface area contributed by atoms with E-state index >= 15 is 0 Å². The molecule has 1 aliphatic heterocycles. The van der Waals surface area contributed by atoms with Crippen LogP contribution in [0.5, 0.6) is 11.5 Å². The number of methoxy groups -OCH3 is 2. The second-order valence-corrected chi connectivity index (χ2v) is 11.3. The maximum Gasteiger partial charge on any atom is 0.169 e. The van der Waals surface area contributed by atoms with Gasteiger partial charge < -0.3 is 18.9 Å². The van der Waals surface area contributed by atoms with E-state index in [4.69, 9.17) is 30.5 Å². The van der Waals surface area contributed by atoms with Crippen LogP contribution in [-0.2, 0) is 25.1 Å². The van der Waals surface area contributed by atoms with Crippen LogP contribution in [-0.4, -0.2) is 67.5 Å². The predicted octanol–water partition coefficient (Wildman–Crippen LogP) is 3.53. The lowest BCUT2D eigenvalue weighted by Crippen LogP contribution is -2.28. The van der Waals surface area contributed by atoms with E-state index < -0.39 is 21.2 Å². The quantitative estimate of drug-likeness (QED) is 0.405. The van der Waals surface area contributed by atoms with Gasteiger partial charge in [-0.1, -0.05) is 24.6 Å². The van der Waals surface area contributed by atoms with Crippen LogP contribution >= 0.6 is 11.6 Å². The fraction of sp³-hybridized carbons (Fsp3) is 0.458. The number of para-hydroxylation sites is 1. The Morgan fingerprint density at radius 2 is 1.83 bits per heavy atom. The minimum Gasteiger partial charge on any atom is -0.494 e. The standard InChI is InChI=1S/C24H29ClN4O6S/c1-15(18-9-8-17(25)12-26-18)16(2)36(30,31)14-22-27-28-24(21-13-34-10-11-35-21)29(22)23-19(32-3)6-5-7-20(23)33-4/h5-9,12,15-16,21H,10-11,13-14H2,1-4H3/t15-,16-,21+/m0/s1. The molecule has 1 aliphatic rings. The topological polar surface area (TPSA) is 115 Å². The fourth-order valence-electron chi connectivity index (χ4n) is 4.08. The number of rotatable bonds is 9. The van der Waals surface area contributed by atoms with Crippen LogP contribution in [0.15, 0.2) is 36.5 Å². The summed E-state index contributed by atoms with van der Waals surface area (Å²) >= 11 is 5.95. The molecule has 36 heavy (non-hydrogen) atoms. The molecule has 1 saturated heterocycles. The van der Waals surface area contributed by atoms with Gasteiger partial charge in [-0.2, -0.15) is 0 Å². The van der Waals surface area contributed by atoms with Crippen LogP contribution in [0, 0.1) is 0 Å². The lowest BCUT2D eigenvalue weighted by atomic mass is 10.0. The van der Waals surface area contributed by atoms with Crippen molar-refractivity contribution in [2.45, 2.75) is 36.9 Å². The van der Waals surface area contributed by atoms with Crippen molar-refractivity contribution in [3.8, 4) is 17.2 Å². The second-order valence-electron chi connectivity index (χ2n) is 8.46. The number of aromatic nitrogens is 4. The molecule has 0 amide bonds. The summed E-state index contributed by atoms with van der Waals surface area (Å²) in [5.74, 6) is 0.815. The van der Waals surface area contributed by atoms with Gasteiger partial charge in [0, 0.05) is 17.8 Å². The zero-order chi connectivity index (χ0) is 25.9. The average molecular weight is 537 g/mol. The number of pyridine rings is 1. The Hall–Kier alpha value is -2.73. The van der Waals surface area contributed by atoms with Crippen molar-refractivity contribution >= 4 is 21.4 Å². The molecule has 3 aromatic rings. The van der Waals surface area contributed by atoms with Crippen LogP contribution in [0.4, 0.5) is 0 Å². The molecule has 194 valence electrons. The minimum atomic E-state index is -3.71. The first kappa shape index (κ1) is 26.3. The van der Waals surface area contributed by atoms with Crippen LogP contribution in [0.25, 0.3) is 5.69 Å². The molecule has 0 aliphatic carbocycles. The molecule has 0 spiro atoms. The number of benzene rings is 1. The number of ether oxygens (including phenoxy) is 4. The van der Waals surface area contributed by atoms with Crippen molar-refractivity contribution < 1.29 is 27.4 Å². The van der Waals surface area contributed by atoms with Gasteiger partial charge in [0.15, 0.2) is 21.5 Å². The van der Waals surface area contributed by atoms with E-state index in [9.17, 15) is 8.42 Å². The summed E-state index contributed by atoms with van der Waals surface area (Å²) in [5.41, 5.74) is 1.12. The average Bonchev–Trinajstić information content (AvgIpc) is 3.30. The van der Waals surface area contributed by atoms with E-state index in [1.165, 1.54) is 20.4 Å². The molecule has 3 atom stereocenters. The summed E-state index contributed by atoms with van der Waals surface area (Å²) < 4.78 is 51.5. The minimum absolute atomic E-state index is 0.213. The first-order valence-corrected chi connectivity index (χ1v) is 13.5. The van der Waals surface area contributed by atoms with Crippen molar-refractivity contribution in [3.05, 3.63) is 58.9 Å². The molecular weight excluding hydrogens is 508 g/mol. The summed E-state index contributed by atoms with van der Waals surface area (Å²) in [5, 5.41) is 8.34. The molecule has 10 nitrogen and oxygen atoms in total. The van der Waals surface area contributed by atoms with Crippen LogP contribution in [0.2, 0.25) is 5.02 Å². The van der Waals surface area contributed by atoms with Gasteiger partial charge in [-0.3, -0.25) is 9.55 Å². The second kappa shape index (κ2) is 11.1.